The first kappa shape index (κ1) is 28.2. The molecule has 0 aliphatic carbocycles. The molecule has 2 aliphatic heterocycles. The van der Waals surface area contributed by atoms with E-state index in [2.05, 4.69) is 0 Å². The van der Waals surface area contributed by atoms with Crippen molar-refractivity contribution < 1.29 is 64.6 Å². The highest BCUT2D eigenvalue weighted by molar-refractivity contribution is 5.89. The Morgan fingerprint density at radius 1 is 0.975 bits per heavy atom. The first-order valence-corrected chi connectivity index (χ1v) is 12.2. The van der Waals surface area contributed by atoms with Crippen molar-refractivity contribution in [1.29, 1.82) is 0 Å². The quantitative estimate of drug-likeness (QED) is 0.167. The van der Waals surface area contributed by atoms with E-state index in [9.17, 15) is 50.8 Å². The molecule has 2 aliphatic rings. The fourth-order valence-corrected chi connectivity index (χ4v) is 4.90. The molecule has 0 spiro atoms. The molecule has 40 heavy (non-hydrogen) atoms. The van der Waals surface area contributed by atoms with Crippen molar-refractivity contribution in [2.45, 2.75) is 48.5 Å². The van der Waals surface area contributed by atoms with Gasteiger partial charge in [-0.2, -0.15) is 0 Å². The highest BCUT2D eigenvalue weighted by atomic mass is 16.7. The van der Waals surface area contributed by atoms with Gasteiger partial charge in [-0.05, 0) is 24.3 Å². The summed E-state index contributed by atoms with van der Waals surface area (Å²) in [6.07, 6.45) is -11.7. The lowest BCUT2D eigenvalue weighted by atomic mass is 9.89. The first-order valence-electron chi connectivity index (χ1n) is 12.2. The monoisotopic (exact) mass is 564 g/mol. The molecule has 8 atom stereocenters. The summed E-state index contributed by atoms with van der Waals surface area (Å²) < 4.78 is 22.7. The average molecular weight is 564 g/mol. The van der Waals surface area contributed by atoms with Crippen molar-refractivity contribution in [2.24, 2.45) is 0 Å². The smallest absolute Gasteiger partial charge is 0.197 e. The summed E-state index contributed by atoms with van der Waals surface area (Å²) >= 11 is 0. The van der Waals surface area contributed by atoms with Crippen molar-refractivity contribution in [3.63, 3.8) is 0 Å². The zero-order chi connectivity index (χ0) is 28.9. The largest absolute Gasteiger partial charge is 0.508 e. The molecule has 3 aromatic rings. The van der Waals surface area contributed by atoms with Crippen LogP contribution < -0.4 is 5.43 Å². The lowest BCUT2D eigenvalue weighted by Crippen LogP contribution is -2.58. The lowest BCUT2D eigenvalue weighted by Gasteiger charge is -2.43. The SMILES string of the molecule is O=c1cc(-c2ccc(O)cc2)oc2c(C3OC(CO)C(O)C(O)C3OC3OCC(O)(CO)C3O)c(O)cc(O)c12. The topological polar surface area (TPSA) is 240 Å². The third-order valence-corrected chi connectivity index (χ3v) is 7.17. The van der Waals surface area contributed by atoms with E-state index in [1.54, 1.807) is 0 Å². The molecule has 0 radical (unpaired) electrons. The van der Waals surface area contributed by atoms with Crippen LogP contribution in [0.4, 0.5) is 0 Å². The molecule has 14 heteroatoms. The van der Waals surface area contributed by atoms with Crippen LogP contribution in [0, 0.1) is 0 Å². The van der Waals surface area contributed by atoms with Crippen LogP contribution in [0.3, 0.4) is 0 Å². The maximum absolute atomic E-state index is 13.1. The van der Waals surface area contributed by atoms with E-state index in [4.69, 9.17) is 18.6 Å². The van der Waals surface area contributed by atoms with Crippen molar-refractivity contribution in [1.82, 2.24) is 0 Å². The molecule has 5 rings (SSSR count). The van der Waals surface area contributed by atoms with Gasteiger partial charge in [0.25, 0.3) is 0 Å². The summed E-state index contributed by atoms with van der Waals surface area (Å²) in [6, 6.07) is 7.52. The zero-order valence-corrected chi connectivity index (χ0v) is 20.7. The molecule has 2 saturated heterocycles. The second kappa shape index (κ2) is 10.6. The number of phenols is 3. The summed E-state index contributed by atoms with van der Waals surface area (Å²) in [5, 5.41) is 92.3. The Balaban J connectivity index is 1.67. The standard InChI is InChI=1S/C26H28O14/c27-7-16-19(33)20(34)23(40-25-24(35)26(36,8-28)9-37-25)22(39-16)18-13(31)5-12(30)17-14(32)6-15(38-21(17)18)10-1-3-11(29)4-2-10/h1-6,16,19-20,22-25,27-31,33-36H,7-9H2. The van der Waals surface area contributed by atoms with E-state index in [1.165, 1.54) is 24.3 Å². The number of aliphatic hydroxyl groups is 6. The van der Waals surface area contributed by atoms with Gasteiger partial charge < -0.3 is 64.6 Å². The Kier molecular flexibility index (Phi) is 7.47. The van der Waals surface area contributed by atoms with Gasteiger partial charge in [-0.15, -0.1) is 0 Å². The van der Waals surface area contributed by atoms with E-state index in [0.717, 1.165) is 12.1 Å². The molecule has 1 aromatic heterocycles. The minimum atomic E-state index is -2.09. The predicted molar refractivity (Wildman–Crippen MR) is 132 cm³/mol. The van der Waals surface area contributed by atoms with Crippen LogP contribution in [0.25, 0.3) is 22.3 Å². The van der Waals surface area contributed by atoms with Crippen LogP contribution in [0.1, 0.15) is 11.7 Å². The Labute approximate surface area is 225 Å². The van der Waals surface area contributed by atoms with Crippen LogP contribution in [0.5, 0.6) is 17.2 Å². The van der Waals surface area contributed by atoms with Crippen molar-refractivity contribution >= 4 is 11.0 Å². The van der Waals surface area contributed by atoms with Gasteiger partial charge in [0.05, 0.1) is 25.4 Å². The molecule has 0 saturated carbocycles. The lowest BCUT2D eigenvalue weighted by molar-refractivity contribution is -0.286. The molecule has 9 N–H and O–H groups in total. The summed E-state index contributed by atoms with van der Waals surface area (Å²) in [5.74, 6) is -1.39. The van der Waals surface area contributed by atoms with Gasteiger partial charge in [0.2, 0.25) is 0 Å². The number of rotatable bonds is 6. The molecule has 0 amide bonds. The molecule has 2 aromatic carbocycles. The molecule has 2 fully saturated rings. The highest BCUT2D eigenvalue weighted by Gasteiger charge is 2.53. The van der Waals surface area contributed by atoms with Gasteiger partial charge in [-0.3, -0.25) is 4.79 Å². The first-order chi connectivity index (χ1) is 19.0. The molecule has 0 bridgehead atoms. The Bertz CT molecular complexity index is 1440. The van der Waals surface area contributed by atoms with Gasteiger partial charge in [0.1, 0.15) is 70.6 Å². The molecular formula is C26H28O14. The summed E-state index contributed by atoms with van der Waals surface area (Å²) in [4.78, 5) is 13.1. The second-order valence-corrected chi connectivity index (χ2v) is 9.80. The molecule has 14 nitrogen and oxygen atoms in total. The molecule has 8 unspecified atom stereocenters. The minimum absolute atomic E-state index is 0.0288. The number of fused-ring (bicyclic) bond motifs is 1. The summed E-state index contributed by atoms with van der Waals surface area (Å²) in [7, 11) is 0. The molecule has 216 valence electrons. The van der Waals surface area contributed by atoms with Gasteiger partial charge in [-0.1, -0.05) is 0 Å². The Hall–Kier alpha value is -3.31. The Morgan fingerprint density at radius 3 is 2.30 bits per heavy atom. The maximum Gasteiger partial charge on any atom is 0.197 e. The fraction of sp³-hybridized carbons (Fsp3) is 0.423. The van der Waals surface area contributed by atoms with Gasteiger partial charge in [0.15, 0.2) is 17.3 Å². The highest BCUT2D eigenvalue weighted by Crippen LogP contribution is 2.45. The van der Waals surface area contributed by atoms with E-state index >= 15 is 0 Å². The van der Waals surface area contributed by atoms with Crippen molar-refractivity contribution in [3.8, 4) is 28.6 Å². The zero-order valence-electron chi connectivity index (χ0n) is 20.7. The van der Waals surface area contributed by atoms with Crippen molar-refractivity contribution in [2.75, 3.05) is 19.8 Å². The Morgan fingerprint density at radius 2 is 1.68 bits per heavy atom. The summed E-state index contributed by atoms with van der Waals surface area (Å²) in [5.41, 5.74) is -3.17. The van der Waals surface area contributed by atoms with E-state index in [1.807, 2.05) is 0 Å². The maximum atomic E-state index is 13.1. The summed E-state index contributed by atoms with van der Waals surface area (Å²) in [6.45, 7) is -2.21. The molecule has 3 heterocycles. The normalized spacial score (nSPS) is 32.5. The molecular weight excluding hydrogens is 536 g/mol. The van der Waals surface area contributed by atoms with E-state index < -0.39 is 85.3 Å². The van der Waals surface area contributed by atoms with Crippen LogP contribution in [0.2, 0.25) is 0 Å². The fourth-order valence-electron chi connectivity index (χ4n) is 4.90. The van der Waals surface area contributed by atoms with Gasteiger partial charge >= 0.3 is 0 Å². The van der Waals surface area contributed by atoms with E-state index in [-0.39, 0.29) is 28.0 Å². The van der Waals surface area contributed by atoms with Gasteiger partial charge in [-0.25, -0.2) is 0 Å². The second-order valence-electron chi connectivity index (χ2n) is 9.80. The number of benzene rings is 2. The van der Waals surface area contributed by atoms with E-state index in [0.29, 0.717) is 5.56 Å². The number of hydrogen-bond acceptors (Lipinski definition) is 14. The number of aromatic hydroxyl groups is 3. The van der Waals surface area contributed by atoms with Crippen LogP contribution in [0.15, 0.2) is 45.6 Å². The van der Waals surface area contributed by atoms with Crippen LogP contribution in [-0.2, 0) is 14.2 Å². The number of ether oxygens (including phenoxy) is 3. The predicted octanol–water partition coefficient (Wildman–Crippen LogP) is -1.44. The average Bonchev–Trinajstić information content (AvgIpc) is 3.21. The third kappa shape index (κ3) is 4.68. The third-order valence-electron chi connectivity index (χ3n) is 7.17. The van der Waals surface area contributed by atoms with Gasteiger partial charge in [0, 0.05) is 17.7 Å². The van der Waals surface area contributed by atoms with Crippen LogP contribution >= 0.6 is 0 Å². The number of hydrogen-bond donors (Lipinski definition) is 9. The number of phenolic OH excluding ortho intramolecular Hbond substituents is 3. The number of aliphatic hydroxyl groups excluding tert-OH is 5. The van der Waals surface area contributed by atoms with Crippen LogP contribution in [-0.4, -0.2) is 108 Å². The minimum Gasteiger partial charge on any atom is -0.508 e. The van der Waals surface area contributed by atoms with Crippen molar-refractivity contribution in [3.05, 3.63) is 52.2 Å².